The molecule has 0 aliphatic rings. The Morgan fingerprint density at radius 3 is 2.50 bits per heavy atom. The van der Waals surface area contributed by atoms with Crippen molar-refractivity contribution in [3.8, 4) is 0 Å². The molecule has 0 spiro atoms. The summed E-state index contributed by atoms with van der Waals surface area (Å²) in [4.78, 5) is 13.8. The van der Waals surface area contributed by atoms with Gasteiger partial charge in [0.1, 0.15) is 0 Å². The molecule has 0 unspecified atom stereocenters. The third-order valence-corrected chi connectivity index (χ3v) is 3.21. The maximum absolute atomic E-state index is 12.0. The summed E-state index contributed by atoms with van der Waals surface area (Å²) in [7, 11) is 0. The first kappa shape index (κ1) is 16.6. The van der Waals surface area contributed by atoms with E-state index >= 15 is 0 Å². The molecule has 20 heavy (non-hydrogen) atoms. The Bertz CT molecular complexity index is 435. The Morgan fingerprint density at radius 1 is 1.15 bits per heavy atom. The molecule has 0 fully saturated rings. The van der Waals surface area contributed by atoms with Crippen LogP contribution in [0.4, 0.5) is 5.69 Å². The van der Waals surface area contributed by atoms with Crippen LogP contribution in [0.25, 0.3) is 0 Å². The number of amides is 1. The van der Waals surface area contributed by atoms with Crippen LogP contribution in [-0.4, -0.2) is 53.9 Å². The number of nitrogens with zero attached hydrogens (tertiary/aromatic N) is 1. The van der Waals surface area contributed by atoms with Crippen LogP contribution in [0.15, 0.2) is 18.2 Å². The van der Waals surface area contributed by atoms with Crippen molar-refractivity contribution in [1.29, 1.82) is 0 Å². The van der Waals surface area contributed by atoms with Crippen LogP contribution in [0.5, 0.6) is 0 Å². The van der Waals surface area contributed by atoms with E-state index in [1.165, 1.54) is 5.56 Å². The zero-order chi connectivity index (χ0) is 15.0. The summed E-state index contributed by atoms with van der Waals surface area (Å²) in [6.07, 6.45) is 0.594. The zero-order valence-electron chi connectivity index (χ0n) is 12.2. The van der Waals surface area contributed by atoms with Gasteiger partial charge in [-0.15, -0.1) is 0 Å². The van der Waals surface area contributed by atoms with Gasteiger partial charge in [0.05, 0.1) is 13.2 Å². The van der Waals surface area contributed by atoms with Crippen LogP contribution < -0.4 is 5.32 Å². The maximum Gasteiger partial charge on any atom is 0.238 e. The van der Waals surface area contributed by atoms with Gasteiger partial charge in [-0.3, -0.25) is 9.69 Å². The number of aliphatic hydroxyl groups excluding tert-OH is 2. The van der Waals surface area contributed by atoms with Gasteiger partial charge in [0, 0.05) is 25.4 Å². The van der Waals surface area contributed by atoms with Gasteiger partial charge in [-0.2, -0.15) is 0 Å². The molecule has 1 amide bonds. The van der Waals surface area contributed by atoms with E-state index in [9.17, 15) is 4.79 Å². The monoisotopic (exact) mass is 280 g/mol. The van der Waals surface area contributed by atoms with E-state index in [-0.39, 0.29) is 25.7 Å². The van der Waals surface area contributed by atoms with Gasteiger partial charge in [-0.1, -0.05) is 6.07 Å². The SMILES string of the molecule is Cc1ccc(NC(=O)CN(CCO)CCCO)cc1C. The van der Waals surface area contributed by atoms with Gasteiger partial charge in [0.2, 0.25) is 5.91 Å². The summed E-state index contributed by atoms with van der Waals surface area (Å²) in [5, 5.41) is 20.6. The van der Waals surface area contributed by atoms with E-state index in [2.05, 4.69) is 5.32 Å². The van der Waals surface area contributed by atoms with Gasteiger partial charge in [-0.05, 0) is 43.5 Å². The van der Waals surface area contributed by atoms with Crippen molar-refractivity contribution in [1.82, 2.24) is 4.90 Å². The quantitative estimate of drug-likeness (QED) is 0.662. The highest BCUT2D eigenvalue weighted by atomic mass is 16.3. The number of aliphatic hydroxyl groups is 2. The zero-order valence-corrected chi connectivity index (χ0v) is 12.2. The number of aryl methyl sites for hydroxylation is 2. The lowest BCUT2D eigenvalue weighted by molar-refractivity contribution is -0.117. The first-order valence-electron chi connectivity index (χ1n) is 6.88. The number of hydrogen-bond acceptors (Lipinski definition) is 4. The Balaban J connectivity index is 2.53. The molecule has 0 atom stereocenters. The summed E-state index contributed by atoms with van der Waals surface area (Å²) < 4.78 is 0. The molecular formula is C15H24N2O3. The molecule has 0 aliphatic heterocycles. The van der Waals surface area contributed by atoms with Crippen molar-refractivity contribution in [3.63, 3.8) is 0 Å². The van der Waals surface area contributed by atoms with Gasteiger partial charge < -0.3 is 15.5 Å². The summed E-state index contributed by atoms with van der Waals surface area (Å²) in [5.74, 6) is -0.111. The number of benzene rings is 1. The molecule has 1 aromatic carbocycles. The van der Waals surface area contributed by atoms with Gasteiger partial charge in [0.25, 0.3) is 0 Å². The predicted octanol–water partition coefficient (Wildman–Crippen LogP) is 0.919. The van der Waals surface area contributed by atoms with Crippen molar-refractivity contribution in [2.24, 2.45) is 0 Å². The second-order valence-corrected chi connectivity index (χ2v) is 4.92. The van der Waals surface area contributed by atoms with Crippen LogP contribution in [0, 0.1) is 13.8 Å². The lowest BCUT2D eigenvalue weighted by Crippen LogP contribution is -2.36. The number of rotatable bonds is 8. The largest absolute Gasteiger partial charge is 0.396 e. The molecule has 5 heteroatoms. The molecule has 0 aliphatic carbocycles. The molecule has 3 N–H and O–H groups in total. The maximum atomic E-state index is 12.0. The van der Waals surface area contributed by atoms with E-state index in [1.807, 2.05) is 36.9 Å². The lowest BCUT2D eigenvalue weighted by atomic mass is 10.1. The topological polar surface area (TPSA) is 72.8 Å². The van der Waals surface area contributed by atoms with E-state index in [1.54, 1.807) is 0 Å². The van der Waals surface area contributed by atoms with E-state index in [0.717, 1.165) is 11.3 Å². The molecule has 0 radical (unpaired) electrons. The molecule has 0 heterocycles. The van der Waals surface area contributed by atoms with Gasteiger partial charge in [-0.25, -0.2) is 0 Å². The van der Waals surface area contributed by atoms with Crippen LogP contribution in [0.3, 0.4) is 0 Å². The molecule has 0 bridgehead atoms. The molecule has 5 nitrogen and oxygen atoms in total. The smallest absolute Gasteiger partial charge is 0.238 e. The highest BCUT2D eigenvalue weighted by Crippen LogP contribution is 2.14. The third kappa shape index (κ3) is 5.69. The molecule has 1 rings (SSSR count). The second kappa shape index (κ2) is 8.68. The number of nitrogens with one attached hydrogen (secondary N) is 1. The first-order valence-corrected chi connectivity index (χ1v) is 6.88. The number of hydrogen-bond donors (Lipinski definition) is 3. The Hall–Kier alpha value is -1.43. The van der Waals surface area contributed by atoms with Crippen molar-refractivity contribution in [2.75, 3.05) is 38.2 Å². The fourth-order valence-electron chi connectivity index (χ4n) is 1.93. The summed E-state index contributed by atoms with van der Waals surface area (Å²) in [5.41, 5.74) is 3.10. The summed E-state index contributed by atoms with van der Waals surface area (Å²) in [6, 6.07) is 5.80. The van der Waals surface area contributed by atoms with Crippen molar-refractivity contribution in [2.45, 2.75) is 20.3 Å². The fraction of sp³-hybridized carbons (Fsp3) is 0.533. The molecule has 112 valence electrons. The normalized spacial score (nSPS) is 10.8. The standard InChI is InChI=1S/C15H24N2O3/c1-12-4-5-14(10-13(12)2)16-15(20)11-17(7-9-19)6-3-8-18/h4-5,10,18-19H,3,6-9,11H2,1-2H3,(H,16,20). The minimum atomic E-state index is -0.111. The molecule has 0 saturated heterocycles. The Morgan fingerprint density at radius 2 is 1.90 bits per heavy atom. The predicted molar refractivity (Wildman–Crippen MR) is 79.8 cm³/mol. The highest BCUT2D eigenvalue weighted by Gasteiger charge is 2.10. The second-order valence-electron chi connectivity index (χ2n) is 4.92. The van der Waals surface area contributed by atoms with Crippen molar-refractivity contribution < 1.29 is 15.0 Å². The van der Waals surface area contributed by atoms with E-state index < -0.39 is 0 Å². The number of anilines is 1. The third-order valence-electron chi connectivity index (χ3n) is 3.21. The van der Waals surface area contributed by atoms with Crippen LogP contribution in [-0.2, 0) is 4.79 Å². The molecular weight excluding hydrogens is 256 g/mol. The number of carbonyl (C=O) groups is 1. The Kier molecular flexibility index (Phi) is 7.22. The van der Waals surface area contributed by atoms with Gasteiger partial charge in [0.15, 0.2) is 0 Å². The summed E-state index contributed by atoms with van der Waals surface area (Å²) in [6.45, 7) is 5.36. The summed E-state index contributed by atoms with van der Waals surface area (Å²) >= 11 is 0. The lowest BCUT2D eigenvalue weighted by Gasteiger charge is -2.20. The highest BCUT2D eigenvalue weighted by molar-refractivity contribution is 5.92. The average Bonchev–Trinajstić information content (AvgIpc) is 2.40. The Labute approximate surface area is 120 Å². The van der Waals surface area contributed by atoms with Crippen LogP contribution in [0.1, 0.15) is 17.5 Å². The minimum Gasteiger partial charge on any atom is -0.396 e. The fourth-order valence-corrected chi connectivity index (χ4v) is 1.93. The van der Waals surface area contributed by atoms with E-state index in [4.69, 9.17) is 10.2 Å². The molecule has 1 aromatic rings. The van der Waals surface area contributed by atoms with Gasteiger partial charge >= 0.3 is 0 Å². The molecule has 0 aromatic heterocycles. The molecule has 0 saturated carbocycles. The van der Waals surface area contributed by atoms with Crippen LogP contribution >= 0.6 is 0 Å². The first-order chi connectivity index (χ1) is 9.56. The minimum absolute atomic E-state index is 0.00233. The van der Waals surface area contributed by atoms with Crippen molar-refractivity contribution in [3.05, 3.63) is 29.3 Å². The van der Waals surface area contributed by atoms with E-state index in [0.29, 0.717) is 19.5 Å². The number of carbonyl (C=O) groups excluding carboxylic acids is 1. The van der Waals surface area contributed by atoms with Crippen molar-refractivity contribution >= 4 is 11.6 Å². The van der Waals surface area contributed by atoms with Crippen LogP contribution in [0.2, 0.25) is 0 Å². The average molecular weight is 280 g/mol.